The summed E-state index contributed by atoms with van der Waals surface area (Å²) in [6.07, 6.45) is -2.34. The zero-order valence-corrected chi connectivity index (χ0v) is 11.6. The molecule has 20 heavy (non-hydrogen) atoms. The van der Waals surface area contributed by atoms with E-state index in [-0.39, 0.29) is 0 Å². The standard InChI is InChI=1S/C15H14F3NS/c1-20-13-8-4-11(5-9-13)14(19)10-2-6-12(7-3-10)15(16,17)18/h2-9,14H,19H2,1H3. The smallest absolute Gasteiger partial charge is 0.320 e. The summed E-state index contributed by atoms with van der Waals surface area (Å²) in [4.78, 5) is 1.12. The van der Waals surface area contributed by atoms with Gasteiger partial charge in [0, 0.05) is 4.90 Å². The minimum absolute atomic E-state index is 0.423. The van der Waals surface area contributed by atoms with Gasteiger partial charge in [-0.3, -0.25) is 0 Å². The minimum Gasteiger partial charge on any atom is -0.320 e. The lowest BCUT2D eigenvalue weighted by atomic mass is 9.98. The molecule has 5 heteroatoms. The van der Waals surface area contributed by atoms with Crippen LogP contribution >= 0.6 is 11.8 Å². The second kappa shape index (κ2) is 5.89. The van der Waals surface area contributed by atoms with Gasteiger partial charge in [0.15, 0.2) is 0 Å². The van der Waals surface area contributed by atoms with E-state index >= 15 is 0 Å². The first kappa shape index (κ1) is 14.9. The monoisotopic (exact) mass is 297 g/mol. The number of benzene rings is 2. The molecular weight excluding hydrogens is 283 g/mol. The van der Waals surface area contributed by atoms with Gasteiger partial charge in [0.05, 0.1) is 11.6 Å². The lowest BCUT2D eigenvalue weighted by Gasteiger charge is -2.14. The fraction of sp³-hybridized carbons (Fsp3) is 0.200. The summed E-state index contributed by atoms with van der Waals surface area (Å²) in [7, 11) is 0. The van der Waals surface area contributed by atoms with Crippen LogP contribution in [-0.2, 0) is 6.18 Å². The number of alkyl halides is 3. The number of rotatable bonds is 3. The van der Waals surface area contributed by atoms with Gasteiger partial charge >= 0.3 is 6.18 Å². The van der Waals surface area contributed by atoms with Gasteiger partial charge < -0.3 is 5.73 Å². The zero-order valence-electron chi connectivity index (χ0n) is 10.8. The summed E-state index contributed by atoms with van der Waals surface area (Å²) in [5, 5.41) is 0. The lowest BCUT2D eigenvalue weighted by molar-refractivity contribution is -0.137. The fourth-order valence-electron chi connectivity index (χ4n) is 1.88. The molecular formula is C15H14F3NS. The predicted octanol–water partition coefficient (Wildman–Crippen LogP) is 4.48. The van der Waals surface area contributed by atoms with Gasteiger partial charge in [-0.25, -0.2) is 0 Å². The highest BCUT2D eigenvalue weighted by Crippen LogP contribution is 2.30. The molecule has 0 amide bonds. The molecule has 0 heterocycles. The third-order valence-corrected chi connectivity index (χ3v) is 3.82. The van der Waals surface area contributed by atoms with Crippen molar-refractivity contribution in [2.75, 3.05) is 6.26 Å². The van der Waals surface area contributed by atoms with Gasteiger partial charge in [-0.2, -0.15) is 13.2 Å². The van der Waals surface area contributed by atoms with E-state index in [0.717, 1.165) is 22.6 Å². The van der Waals surface area contributed by atoms with Crippen LogP contribution in [0.2, 0.25) is 0 Å². The first-order valence-corrected chi connectivity index (χ1v) is 7.21. The van der Waals surface area contributed by atoms with Crippen LogP contribution in [-0.4, -0.2) is 6.26 Å². The second-order valence-electron chi connectivity index (χ2n) is 4.37. The molecule has 1 nitrogen and oxygen atoms in total. The van der Waals surface area contributed by atoms with Gasteiger partial charge in [-0.15, -0.1) is 11.8 Å². The number of halogens is 3. The molecule has 0 radical (unpaired) electrons. The van der Waals surface area contributed by atoms with Crippen LogP contribution in [0.3, 0.4) is 0 Å². The van der Waals surface area contributed by atoms with Gasteiger partial charge in [-0.05, 0) is 41.6 Å². The maximum Gasteiger partial charge on any atom is 0.416 e. The highest BCUT2D eigenvalue weighted by molar-refractivity contribution is 7.98. The van der Waals surface area contributed by atoms with Crippen molar-refractivity contribution in [1.82, 2.24) is 0 Å². The van der Waals surface area contributed by atoms with Crippen molar-refractivity contribution in [3.63, 3.8) is 0 Å². The largest absolute Gasteiger partial charge is 0.416 e. The normalized spacial score (nSPS) is 13.2. The molecule has 0 fully saturated rings. The molecule has 0 aliphatic rings. The topological polar surface area (TPSA) is 26.0 Å². The molecule has 2 aromatic rings. The molecule has 0 aliphatic carbocycles. The van der Waals surface area contributed by atoms with Crippen LogP contribution in [0.4, 0.5) is 13.2 Å². The van der Waals surface area contributed by atoms with Gasteiger partial charge in [0.25, 0.3) is 0 Å². The van der Waals surface area contributed by atoms with Gasteiger partial charge in [-0.1, -0.05) is 24.3 Å². The Bertz CT molecular complexity index is 561. The number of hydrogen-bond acceptors (Lipinski definition) is 2. The van der Waals surface area contributed by atoms with E-state index in [1.165, 1.54) is 12.1 Å². The Kier molecular flexibility index (Phi) is 4.40. The Hall–Kier alpha value is -1.46. The van der Waals surface area contributed by atoms with E-state index in [2.05, 4.69) is 0 Å². The van der Waals surface area contributed by atoms with E-state index in [1.807, 2.05) is 30.5 Å². The Morgan fingerprint density at radius 3 is 1.75 bits per heavy atom. The predicted molar refractivity (Wildman–Crippen MR) is 75.7 cm³/mol. The van der Waals surface area contributed by atoms with Crippen LogP contribution in [0, 0.1) is 0 Å². The van der Waals surface area contributed by atoms with Crippen molar-refractivity contribution in [2.45, 2.75) is 17.1 Å². The lowest BCUT2D eigenvalue weighted by Crippen LogP contribution is -2.12. The molecule has 2 N–H and O–H groups in total. The van der Waals surface area contributed by atoms with Gasteiger partial charge in [0.2, 0.25) is 0 Å². The Labute approximate surface area is 120 Å². The van der Waals surface area contributed by atoms with Crippen LogP contribution in [0.15, 0.2) is 53.4 Å². The summed E-state index contributed by atoms with van der Waals surface area (Å²) in [6.45, 7) is 0. The molecule has 2 aromatic carbocycles. The second-order valence-corrected chi connectivity index (χ2v) is 5.25. The fourth-order valence-corrected chi connectivity index (χ4v) is 2.29. The third-order valence-electron chi connectivity index (χ3n) is 3.07. The van der Waals surface area contributed by atoms with Crippen LogP contribution in [0.1, 0.15) is 22.7 Å². The van der Waals surface area contributed by atoms with E-state index in [9.17, 15) is 13.2 Å². The molecule has 0 saturated heterocycles. The van der Waals surface area contributed by atoms with E-state index < -0.39 is 17.8 Å². The van der Waals surface area contributed by atoms with E-state index in [0.29, 0.717) is 5.56 Å². The van der Waals surface area contributed by atoms with Crippen molar-refractivity contribution >= 4 is 11.8 Å². The highest BCUT2D eigenvalue weighted by atomic mass is 32.2. The van der Waals surface area contributed by atoms with E-state index in [1.54, 1.807) is 11.8 Å². The summed E-state index contributed by atoms with van der Waals surface area (Å²) in [5.41, 5.74) is 6.96. The molecule has 0 saturated carbocycles. The maximum atomic E-state index is 12.5. The molecule has 0 aliphatic heterocycles. The molecule has 106 valence electrons. The highest BCUT2D eigenvalue weighted by Gasteiger charge is 2.30. The van der Waals surface area contributed by atoms with Crippen LogP contribution in [0.25, 0.3) is 0 Å². The third kappa shape index (κ3) is 3.35. The molecule has 1 atom stereocenters. The number of nitrogens with two attached hydrogens (primary N) is 1. The number of thioether (sulfide) groups is 1. The van der Waals surface area contributed by atoms with Crippen LogP contribution < -0.4 is 5.73 Å². The van der Waals surface area contributed by atoms with Crippen molar-refractivity contribution in [3.8, 4) is 0 Å². The Balaban J connectivity index is 2.22. The van der Waals surface area contributed by atoms with Crippen LogP contribution in [0.5, 0.6) is 0 Å². The van der Waals surface area contributed by atoms with Crippen molar-refractivity contribution in [3.05, 3.63) is 65.2 Å². The molecule has 0 bridgehead atoms. The Morgan fingerprint density at radius 1 is 0.900 bits per heavy atom. The average Bonchev–Trinajstić information content (AvgIpc) is 2.46. The molecule has 0 spiro atoms. The summed E-state index contributed by atoms with van der Waals surface area (Å²) in [6, 6.07) is 12.2. The maximum absolute atomic E-state index is 12.5. The quantitative estimate of drug-likeness (QED) is 0.846. The summed E-state index contributed by atoms with van der Waals surface area (Å²) >= 11 is 1.62. The average molecular weight is 297 g/mol. The SMILES string of the molecule is CSc1ccc(C(N)c2ccc(C(F)(F)F)cc2)cc1. The van der Waals surface area contributed by atoms with Crippen molar-refractivity contribution in [1.29, 1.82) is 0 Å². The molecule has 1 unspecified atom stereocenters. The molecule has 0 aromatic heterocycles. The summed E-state index contributed by atoms with van der Waals surface area (Å²) < 4.78 is 37.5. The molecule has 2 rings (SSSR count). The first-order valence-electron chi connectivity index (χ1n) is 5.98. The Morgan fingerprint density at radius 2 is 1.35 bits per heavy atom. The van der Waals surface area contributed by atoms with Crippen molar-refractivity contribution < 1.29 is 13.2 Å². The first-order chi connectivity index (χ1) is 9.41. The summed E-state index contributed by atoms with van der Waals surface area (Å²) in [5.74, 6) is 0. The zero-order chi connectivity index (χ0) is 14.8. The van der Waals surface area contributed by atoms with Crippen molar-refractivity contribution in [2.24, 2.45) is 5.73 Å². The van der Waals surface area contributed by atoms with E-state index in [4.69, 9.17) is 5.73 Å². The van der Waals surface area contributed by atoms with Gasteiger partial charge in [0.1, 0.15) is 0 Å². The number of hydrogen-bond donors (Lipinski definition) is 1. The minimum atomic E-state index is -4.32.